The first kappa shape index (κ1) is 16.1. The second-order valence-corrected chi connectivity index (χ2v) is 5.92. The molecule has 0 aliphatic rings. The average molecular weight is 341 g/mol. The lowest BCUT2D eigenvalue weighted by molar-refractivity contribution is 0.102. The van der Waals surface area contributed by atoms with Gasteiger partial charge in [-0.25, -0.2) is 4.79 Å². The van der Waals surface area contributed by atoms with Crippen molar-refractivity contribution in [3.8, 4) is 5.75 Å². The third-order valence-electron chi connectivity index (χ3n) is 3.52. The van der Waals surface area contributed by atoms with Crippen molar-refractivity contribution >= 4 is 34.3 Å². The zero-order chi connectivity index (χ0) is 17.1. The lowest BCUT2D eigenvalue weighted by Crippen LogP contribution is -2.20. The fourth-order valence-electron chi connectivity index (χ4n) is 2.28. The molecule has 24 heavy (non-hydrogen) atoms. The number of anilines is 1. The monoisotopic (exact) mass is 341 g/mol. The normalized spacial score (nSPS) is 10.6. The first-order chi connectivity index (χ1) is 11.6. The Morgan fingerprint density at radius 1 is 1.17 bits per heavy atom. The maximum Gasteiger partial charge on any atom is 0.349 e. The first-order valence-corrected chi connectivity index (χ1v) is 8.40. The number of methoxy groups -OCH3 is 1. The molecule has 122 valence electrons. The predicted octanol–water partition coefficient (Wildman–Crippen LogP) is 3.78. The highest BCUT2D eigenvalue weighted by Gasteiger charge is 2.14. The summed E-state index contributed by atoms with van der Waals surface area (Å²) >= 11 is 1.57. The fourth-order valence-corrected chi connectivity index (χ4v) is 2.74. The van der Waals surface area contributed by atoms with Crippen molar-refractivity contribution < 1.29 is 13.9 Å². The molecule has 0 spiro atoms. The van der Waals surface area contributed by atoms with E-state index < -0.39 is 11.5 Å². The van der Waals surface area contributed by atoms with Gasteiger partial charge >= 0.3 is 5.63 Å². The van der Waals surface area contributed by atoms with Gasteiger partial charge < -0.3 is 14.5 Å². The molecule has 2 aromatic carbocycles. The summed E-state index contributed by atoms with van der Waals surface area (Å²) in [6.45, 7) is 0. The van der Waals surface area contributed by atoms with Crippen molar-refractivity contribution in [2.24, 2.45) is 0 Å². The summed E-state index contributed by atoms with van der Waals surface area (Å²) in [5.74, 6) is 0.0800. The molecule has 0 aliphatic carbocycles. The number of hydrogen-bond donors (Lipinski definition) is 1. The Morgan fingerprint density at radius 3 is 2.75 bits per heavy atom. The number of carbonyl (C=O) groups is 1. The summed E-state index contributed by atoms with van der Waals surface area (Å²) < 4.78 is 10.3. The van der Waals surface area contributed by atoms with Crippen LogP contribution < -0.4 is 15.7 Å². The molecule has 1 aromatic heterocycles. The average Bonchev–Trinajstić information content (AvgIpc) is 2.60. The van der Waals surface area contributed by atoms with Crippen LogP contribution in [-0.2, 0) is 0 Å². The van der Waals surface area contributed by atoms with Crippen LogP contribution in [0.1, 0.15) is 10.4 Å². The number of amides is 1. The first-order valence-electron chi connectivity index (χ1n) is 7.18. The van der Waals surface area contributed by atoms with Crippen molar-refractivity contribution in [2.75, 3.05) is 18.7 Å². The van der Waals surface area contributed by atoms with Gasteiger partial charge in [0, 0.05) is 22.0 Å². The van der Waals surface area contributed by atoms with Gasteiger partial charge in [-0.05, 0) is 42.7 Å². The van der Waals surface area contributed by atoms with E-state index in [2.05, 4.69) is 5.32 Å². The molecule has 0 bridgehead atoms. The van der Waals surface area contributed by atoms with Crippen molar-refractivity contribution in [1.29, 1.82) is 0 Å². The summed E-state index contributed by atoms with van der Waals surface area (Å²) in [6, 6.07) is 14.0. The number of nitrogens with one attached hydrogen (secondary N) is 1. The highest BCUT2D eigenvalue weighted by Crippen LogP contribution is 2.22. The number of thioether (sulfide) groups is 1. The molecular weight excluding hydrogens is 326 g/mol. The number of rotatable bonds is 4. The summed E-state index contributed by atoms with van der Waals surface area (Å²) in [5, 5.41) is 3.38. The zero-order valence-electron chi connectivity index (χ0n) is 13.2. The Morgan fingerprint density at radius 2 is 2.00 bits per heavy atom. The number of benzene rings is 2. The molecular formula is C18H15NO4S. The second-order valence-electron chi connectivity index (χ2n) is 5.04. The Bertz CT molecular complexity index is 965. The molecule has 0 saturated heterocycles. The summed E-state index contributed by atoms with van der Waals surface area (Å²) in [4.78, 5) is 25.5. The van der Waals surface area contributed by atoms with E-state index in [0.29, 0.717) is 22.4 Å². The van der Waals surface area contributed by atoms with Crippen LogP contribution in [0.5, 0.6) is 5.75 Å². The number of fused-ring (bicyclic) bond motifs is 1. The fraction of sp³-hybridized carbons (Fsp3) is 0.111. The minimum Gasteiger partial charge on any atom is -0.497 e. The van der Waals surface area contributed by atoms with Crippen LogP contribution in [0, 0.1) is 0 Å². The van der Waals surface area contributed by atoms with Crippen molar-refractivity contribution in [1.82, 2.24) is 0 Å². The molecule has 6 heteroatoms. The van der Waals surface area contributed by atoms with Gasteiger partial charge in [0.1, 0.15) is 16.9 Å². The molecule has 1 amide bonds. The summed E-state index contributed by atoms with van der Waals surface area (Å²) in [5.41, 5.74) is 0.276. The Hall–Kier alpha value is -2.73. The smallest absolute Gasteiger partial charge is 0.349 e. The quantitative estimate of drug-likeness (QED) is 0.578. The number of hydrogen-bond acceptors (Lipinski definition) is 5. The summed E-state index contributed by atoms with van der Waals surface area (Å²) in [6.07, 6.45) is 1.95. The Balaban J connectivity index is 1.94. The van der Waals surface area contributed by atoms with E-state index in [0.717, 1.165) is 4.90 Å². The minimum absolute atomic E-state index is 0.0396. The van der Waals surface area contributed by atoms with Crippen LogP contribution in [-0.4, -0.2) is 19.3 Å². The standard InChI is InChI=1S/C18H15NO4S/c1-22-13-7-6-11-8-15(18(21)23-16(11)10-13)17(20)19-12-4-3-5-14(9-12)24-2/h3-10H,1-2H3,(H,19,20). The molecule has 1 N–H and O–H groups in total. The maximum absolute atomic E-state index is 12.4. The predicted molar refractivity (Wildman–Crippen MR) is 95.2 cm³/mol. The van der Waals surface area contributed by atoms with Crippen LogP contribution in [0.2, 0.25) is 0 Å². The van der Waals surface area contributed by atoms with E-state index in [1.165, 1.54) is 13.2 Å². The molecule has 0 fully saturated rings. The Kier molecular flexibility index (Phi) is 4.57. The van der Waals surface area contributed by atoms with Crippen LogP contribution in [0.4, 0.5) is 5.69 Å². The third-order valence-corrected chi connectivity index (χ3v) is 4.24. The lowest BCUT2D eigenvalue weighted by Gasteiger charge is -2.07. The molecule has 0 aliphatic heterocycles. The van der Waals surface area contributed by atoms with Gasteiger partial charge in [-0.3, -0.25) is 4.79 Å². The third kappa shape index (κ3) is 3.28. The summed E-state index contributed by atoms with van der Waals surface area (Å²) in [7, 11) is 1.53. The van der Waals surface area contributed by atoms with E-state index in [1.54, 1.807) is 36.0 Å². The van der Waals surface area contributed by atoms with E-state index in [-0.39, 0.29) is 5.56 Å². The van der Waals surface area contributed by atoms with E-state index in [1.807, 2.05) is 24.5 Å². The molecule has 1 heterocycles. The Labute approximate surface area is 142 Å². The van der Waals surface area contributed by atoms with Crippen LogP contribution >= 0.6 is 11.8 Å². The van der Waals surface area contributed by atoms with Gasteiger partial charge in [-0.15, -0.1) is 11.8 Å². The molecule has 3 rings (SSSR count). The van der Waals surface area contributed by atoms with E-state index in [9.17, 15) is 9.59 Å². The molecule has 0 atom stereocenters. The highest BCUT2D eigenvalue weighted by molar-refractivity contribution is 7.98. The molecule has 0 unspecified atom stereocenters. The highest BCUT2D eigenvalue weighted by atomic mass is 32.2. The van der Waals surface area contributed by atoms with E-state index >= 15 is 0 Å². The van der Waals surface area contributed by atoms with Gasteiger partial charge in [0.05, 0.1) is 7.11 Å². The van der Waals surface area contributed by atoms with Crippen LogP contribution in [0.15, 0.2) is 62.6 Å². The SMILES string of the molecule is COc1ccc2cc(C(=O)Nc3cccc(SC)c3)c(=O)oc2c1. The topological polar surface area (TPSA) is 68.5 Å². The van der Waals surface area contributed by atoms with Gasteiger partial charge in [0.15, 0.2) is 0 Å². The molecule has 0 saturated carbocycles. The number of carbonyl (C=O) groups excluding carboxylic acids is 1. The van der Waals surface area contributed by atoms with Crippen molar-refractivity contribution in [2.45, 2.75) is 4.90 Å². The lowest BCUT2D eigenvalue weighted by atomic mass is 10.1. The number of ether oxygens (including phenoxy) is 1. The minimum atomic E-state index is -0.686. The molecule has 0 radical (unpaired) electrons. The van der Waals surface area contributed by atoms with E-state index in [4.69, 9.17) is 9.15 Å². The largest absolute Gasteiger partial charge is 0.497 e. The molecule has 3 aromatic rings. The van der Waals surface area contributed by atoms with Crippen molar-refractivity contribution in [3.05, 3.63) is 64.5 Å². The van der Waals surface area contributed by atoms with Gasteiger partial charge in [0.25, 0.3) is 5.91 Å². The maximum atomic E-state index is 12.4. The van der Waals surface area contributed by atoms with Crippen molar-refractivity contribution in [3.63, 3.8) is 0 Å². The van der Waals surface area contributed by atoms with Gasteiger partial charge in [0.2, 0.25) is 0 Å². The van der Waals surface area contributed by atoms with Crippen LogP contribution in [0.3, 0.4) is 0 Å². The molecule has 5 nitrogen and oxygen atoms in total. The van der Waals surface area contributed by atoms with Gasteiger partial charge in [-0.2, -0.15) is 0 Å². The zero-order valence-corrected chi connectivity index (χ0v) is 14.0. The second kappa shape index (κ2) is 6.80. The van der Waals surface area contributed by atoms with Gasteiger partial charge in [-0.1, -0.05) is 6.07 Å². The van der Waals surface area contributed by atoms with Crippen LogP contribution in [0.25, 0.3) is 11.0 Å².